The third kappa shape index (κ3) is 3.81. The van der Waals surface area contributed by atoms with Crippen molar-refractivity contribution >= 4 is 0 Å². The second-order valence-electron chi connectivity index (χ2n) is 7.52. The first-order chi connectivity index (χ1) is 13.6. The summed E-state index contributed by atoms with van der Waals surface area (Å²) in [7, 11) is 3.23. The normalized spacial score (nSPS) is 18.4. The molecule has 2 aliphatic rings. The summed E-state index contributed by atoms with van der Waals surface area (Å²) < 4.78 is 10.2. The van der Waals surface area contributed by atoms with Crippen molar-refractivity contribution in [2.24, 2.45) is 5.73 Å². The molecule has 0 spiro atoms. The van der Waals surface area contributed by atoms with Crippen LogP contribution in [0.15, 0.2) is 36.4 Å². The van der Waals surface area contributed by atoms with E-state index in [9.17, 15) is 0 Å². The van der Waals surface area contributed by atoms with Crippen molar-refractivity contribution in [2.45, 2.75) is 49.4 Å². The minimum Gasteiger partial charge on any atom is -0.481 e. The monoisotopic (exact) mass is 380 g/mol. The minimum absolute atomic E-state index is 0.133. The zero-order chi connectivity index (χ0) is 20.0. The summed E-state index contributed by atoms with van der Waals surface area (Å²) in [4.78, 5) is 8.77. The Bertz CT molecular complexity index is 833. The molecule has 4 rings (SSSR count). The fourth-order valence-corrected chi connectivity index (χ4v) is 3.74. The molecular formula is C22H28N4O2. The average molecular weight is 380 g/mol. The molecule has 148 valence electrons. The topological polar surface area (TPSA) is 94.0 Å². The second-order valence-corrected chi connectivity index (χ2v) is 7.52. The van der Waals surface area contributed by atoms with Crippen LogP contribution in [0.3, 0.4) is 0 Å². The van der Waals surface area contributed by atoms with Gasteiger partial charge in [0.15, 0.2) is 0 Å². The van der Waals surface area contributed by atoms with Crippen molar-refractivity contribution < 1.29 is 9.47 Å². The van der Waals surface area contributed by atoms with Crippen LogP contribution in [0.2, 0.25) is 0 Å². The van der Waals surface area contributed by atoms with Gasteiger partial charge in [-0.1, -0.05) is 18.6 Å². The molecule has 28 heavy (non-hydrogen) atoms. The van der Waals surface area contributed by atoms with Crippen LogP contribution in [0.1, 0.15) is 49.9 Å². The molecule has 2 aromatic heterocycles. The lowest BCUT2D eigenvalue weighted by Crippen LogP contribution is -2.42. The largest absolute Gasteiger partial charge is 0.481 e. The molecule has 2 fully saturated rings. The Balaban J connectivity index is 0.000000161. The molecule has 0 unspecified atom stereocenters. The van der Waals surface area contributed by atoms with Gasteiger partial charge in [0.2, 0.25) is 11.8 Å². The zero-order valence-electron chi connectivity index (χ0n) is 16.6. The average Bonchev–Trinajstić information content (AvgIpc) is 2.68. The Hall–Kier alpha value is -2.65. The molecule has 6 heteroatoms. The highest BCUT2D eigenvalue weighted by Gasteiger charge is 2.40. The van der Waals surface area contributed by atoms with Gasteiger partial charge in [-0.05, 0) is 44.2 Å². The lowest BCUT2D eigenvalue weighted by molar-refractivity contribution is 0.243. The summed E-state index contributed by atoms with van der Waals surface area (Å²) in [5, 5.41) is 9.12. The van der Waals surface area contributed by atoms with Gasteiger partial charge >= 0.3 is 0 Å². The second kappa shape index (κ2) is 8.57. The predicted octanol–water partition coefficient (Wildman–Crippen LogP) is 3.51. The van der Waals surface area contributed by atoms with E-state index < -0.39 is 0 Å². The predicted molar refractivity (Wildman–Crippen MR) is 107 cm³/mol. The van der Waals surface area contributed by atoms with Crippen LogP contribution in [-0.4, -0.2) is 30.7 Å². The molecule has 0 saturated heterocycles. The van der Waals surface area contributed by atoms with Crippen molar-refractivity contribution in [1.82, 2.24) is 9.97 Å². The molecule has 0 aromatic carbocycles. The Morgan fingerprint density at radius 3 is 1.86 bits per heavy atom. The number of hydrogen-bond donors (Lipinski definition) is 1. The van der Waals surface area contributed by atoms with E-state index >= 15 is 0 Å². The highest BCUT2D eigenvalue weighted by atomic mass is 16.5. The van der Waals surface area contributed by atoms with Crippen LogP contribution in [0, 0.1) is 11.3 Å². The van der Waals surface area contributed by atoms with E-state index in [1.54, 1.807) is 20.3 Å². The molecule has 0 bridgehead atoms. The standard InChI is InChI=1S/C11H16N2O.C11H12N2O/c2*1-14-10-5-2-4-9(13-10)11(8-12)6-3-7-11/h2,4-5H,3,6-8,12H2,1H3;2,4-5H,3,6-7H2,1H3. The first kappa shape index (κ1) is 20.1. The summed E-state index contributed by atoms with van der Waals surface area (Å²) in [5.74, 6) is 1.27. The number of rotatable bonds is 5. The van der Waals surface area contributed by atoms with Crippen LogP contribution < -0.4 is 15.2 Å². The third-order valence-electron chi connectivity index (χ3n) is 6.02. The van der Waals surface area contributed by atoms with Crippen LogP contribution in [0.25, 0.3) is 0 Å². The molecule has 2 N–H and O–H groups in total. The van der Waals surface area contributed by atoms with Gasteiger partial charge in [0.05, 0.1) is 37.1 Å². The number of pyridine rings is 2. The maximum atomic E-state index is 9.12. The first-order valence-electron chi connectivity index (χ1n) is 9.76. The van der Waals surface area contributed by atoms with Gasteiger partial charge in [-0.15, -0.1) is 0 Å². The van der Waals surface area contributed by atoms with E-state index in [2.05, 4.69) is 22.1 Å². The SMILES string of the molecule is COc1cccc(C2(C#N)CCC2)n1.COc1cccc(C2(CN)CCC2)n1. The number of methoxy groups -OCH3 is 2. The van der Waals surface area contributed by atoms with E-state index in [0.717, 1.165) is 43.5 Å². The molecule has 0 aliphatic heterocycles. The molecule has 6 nitrogen and oxygen atoms in total. The van der Waals surface area contributed by atoms with Gasteiger partial charge in [0.1, 0.15) is 0 Å². The zero-order valence-corrected chi connectivity index (χ0v) is 16.6. The van der Waals surface area contributed by atoms with Gasteiger partial charge < -0.3 is 15.2 Å². The number of aromatic nitrogens is 2. The number of hydrogen-bond acceptors (Lipinski definition) is 6. The maximum Gasteiger partial charge on any atom is 0.213 e. The summed E-state index contributed by atoms with van der Waals surface area (Å²) in [6.07, 6.45) is 6.53. The summed E-state index contributed by atoms with van der Waals surface area (Å²) >= 11 is 0. The van der Waals surface area contributed by atoms with E-state index in [1.807, 2.05) is 24.3 Å². The quantitative estimate of drug-likeness (QED) is 0.853. The molecule has 0 atom stereocenters. The van der Waals surface area contributed by atoms with Crippen LogP contribution >= 0.6 is 0 Å². The first-order valence-corrected chi connectivity index (χ1v) is 9.76. The molecule has 2 heterocycles. The van der Waals surface area contributed by atoms with Crippen molar-refractivity contribution in [1.29, 1.82) is 5.26 Å². The fourth-order valence-electron chi connectivity index (χ4n) is 3.74. The van der Waals surface area contributed by atoms with Gasteiger partial charge in [-0.3, -0.25) is 0 Å². The number of nitriles is 1. The van der Waals surface area contributed by atoms with Gasteiger partial charge in [0.25, 0.3) is 0 Å². The van der Waals surface area contributed by atoms with E-state index in [1.165, 1.54) is 6.42 Å². The lowest BCUT2D eigenvalue weighted by atomic mass is 9.66. The van der Waals surface area contributed by atoms with Crippen LogP contribution in [0.5, 0.6) is 11.8 Å². The Kier molecular flexibility index (Phi) is 6.15. The van der Waals surface area contributed by atoms with Crippen molar-refractivity contribution in [3.63, 3.8) is 0 Å². The molecular weight excluding hydrogens is 352 g/mol. The Labute approximate surface area is 166 Å². The fraction of sp³-hybridized carbons (Fsp3) is 0.500. The molecule has 0 amide bonds. The number of nitrogens with zero attached hydrogens (tertiary/aromatic N) is 3. The Morgan fingerprint density at radius 2 is 1.46 bits per heavy atom. The molecule has 2 saturated carbocycles. The van der Waals surface area contributed by atoms with Gasteiger partial charge in [-0.2, -0.15) is 5.26 Å². The van der Waals surface area contributed by atoms with Gasteiger partial charge in [0, 0.05) is 24.1 Å². The van der Waals surface area contributed by atoms with E-state index in [4.69, 9.17) is 20.5 Å². The van der Waals surface area contributed by atoms with Crippen molar-refractivity contribution in [3.05, 3.63) is 47.8 Å². The maximum absolute atomic E-state index is 9.12. The van der Waals surface area contributed by atoms with Crippen LogP contribution in [0.4, 0.5) is 0 Å². The van der Waals surface area contributed by atoms with E-state index in [0.29, 0.717) is 18.3 Å². The lowest BCUT2D eigenvalue weighted by Gasteiger charge is -2.40. The molecule has 0 radical (unpaired) electrons. The highest BCUT2D eigenvalue weighted by Crippen LogP contribution is 2.43. The van der Waals surface area contributed by atoms with E-state index in [-0.39, 0.29) is 10.8 Å². The molecule has 2 aliphatic carbocycles. The molecule has 2 aromatic rings. The number of ether oxygens (including phenoxy) is 2. The third-order valence-corrected chi connectivity index (χ3v) is 6.02. The minimum atomic E-state index is -0.339. The summed E-state index contributed by atoms with van der Waals surface area (Å²) in [6, 6.07) is 13.9. The van der Waals surface area contributed by atoms with Crippen molar-refractivity contribution in [2.75, 3.05) is 20.8 Å². The van der Waals surface area contributed by atoms with Gasteiger partial charge in [-0.25, -0.2) is 9.97 Å². The van der Waals surface area contributed by atoms with Crippen LogP contribution in [-0.2, 0) is 10.8 Å². The summed E-state index contributed by atoms with van der Waals surface area (Å²) in [6.45, 7) is 0.688. The highest BCUT2D eigenvalue weighted by molar-refractivity contribution is 5.32. The smallest absolute Gasteiger partial charge is 0.213 e. The number of nitrogens with two attached hydrogens (primary N) is 1. The summed E-state index contributed by atoms with van der Waals surface area (Å²) in [5.41, 5.74) is 7.55. The Morgan fingerprint density at radius 1 is 0.929 bits per heavy atom. The van der Waals surface area contributed by atoms with Crippen molar-refractivity contribution in [3.8, 4) is 17.8 Å².